The highest BCUT2D eigenvalue weighted by atomic mass is 19.4. The largest absolute Gasteiger partial charge is 0.533 e. The SMILES string of the molecule is COC(=O)N(Cc1cc(C(F)(F)F)cc(C(F)(F)F)c1)[C@H]1C[C@@H](C(C)C)N(OC(=O)OC(C)C)c2ccc(C(F)(F)F)cc21. The number of hydroxylamine groups is 1. The molecule has 1 amide bonds. The zero-order valence-electron chi connectivity index (χ0n) is 24.0. The highest BCUT2D eigenvalue weighted by Gasteiger charge is 2.44. The topological polar surface area (TPSA) is 68.3 Å². The molecule has 0 aromatic heterocycles. The molecule has 2 atom stereocenters. The second-order valence-electron chi connectivity index (χ2n) is 10.7. The Morgan fingerprint density at radius 2 is 1.41 bits per heavy atom. The highest BCUT2D eigenvalue weighted by molar-refractivity contribution is 5.71. The number of nitrogens with zero attached hydrogens (tertiary/aromatic N) is 2. The van der Waals surface area contributed by atoms with Gasteiger partial charge in [0.15, 0.2) is 0 Å². The van der Waals surface area contributed by atoms with E-state index in [9.17, 15) is 49.1 Å². The van der Waals surface area contributed by atoms with E-state index < -0.39 is 83.7 Å². The molecule has 0 N–H and O–H groups in total. The Hall–Kier alpha value is -3.85. The summed E-state index contributed by atoms with van der Waals surface area (Å²) in [5.74, 6) is -0.412. The average Bonchev–Trinajstić information content (AvgIpc) is 2.89. The monoisotopic (exact) mass is 644 g/mol. The average molecular weight is 645 g/mol. The molecule has 7 nitrogen and oxygen atoms in total. The number of alkyl halides is 9. The molecular formula is C28H29F9N2O5. The van der Waals surface area contributed by atoms with Gasteiger partial charge in [-0.15, -0.1) is 0 Å². The molecular weight excluding hydrogens is 615 g/mol. The number of hydrogen-bond donors (Lipinski definition) is 0. The van der Waals surface area contributed by atoms with Crippen molar-refractivity contribution in [3.8, 4) is 0 Å². The van der Waals surface area contributed by atoms with Crippen molar-refractivity contribution < 1.29 is 63.4 Å². The highest BCUT2D eigenvalue weighted by Crippen LogP contribution is 2.46. The fourth-order valence-corrected chi connectivity index (χ4v) is 4.80. The Balaban J connectivity index is 2.23. The van der Waals surface area contributed by atoms with Crippen LogP contribution in [0.15, 0.2) is 36.4 Å². The third-order valence-corrected chi connectivity index (χ3v) is 6.78. The fraction of sp³-hybridized carbons (Fsp3) is 0.500. The molecule has 44 heavy (non-hydrogen) atoms. The minimum Gasteiger partial charge on any atom is -0.453 e. The van der Waals surface area contributed by atoms with Crippen LogP contribution in [-0.4, -0.2) is 36.4 Å². The number of fused-ring (bicyclic) bond motifs is 1. The molecule has 2 aromatic carbocycles. The van der Waals surface area contributed by atoms with Gasteiger partial charge < -0.3 is 14.3 Å². The summed E-state index contributed by atoms with van der Waals surface area (Å²) in [5, 5.41) is 1.03. The predicted octanol–water partition coefficient (Wildman–Crippen LogP) is 8.76. The number of amides is 1. The van der Waals surface area contributed by atoms with Crippen LogP contribution in [-0.2, 0) is 39.4 Å². The molecule has 0 fully saturated rings. The van der Waals surface area contributed by atoms with Gasteiger partial charge in [-0.05, 0) is 68.1 Å². The van der Waals surface area contributed by atoms with E-state index >= 15 is 0 Å². The van der Waals surface area contributed by atoms with Crippen LogP contribution >= 0.6 is 0 Å². The molecule has 3 rings (SSSR count). The second-order valence-corrected chi connectivity index (χ2v) is 10.7. The number of halogens is 9. The number of carbonyl (C=O) groups excluding carboxylic acids is 2. The summed E-state index contributed by atoms with van der Waals surface area (Å²) in [7, 11) is 0.899. The quantitative estimate of drug-likeness (QED) is 0.231. The molecule has 0 saturated carbocycles. The number of ether oxygens (including phenoxy) is 2. The zero-order valence-corrected chi connectivity index (χ0v) is 24.0. The fourth-order valence-electron chi connectivity index (χ4n) is 4.80. The summed E-state index contributed by atoms with van der Waals surface area (Å²) in [6.07, 6.45) is -18.5. The third-order valence-electron chi connectivity index (χ3n) is 6.78. The lowest BCUT2D eigenvalue weighted by Gasteiger charge is -2.45. The summed E-state index contributed by atoms with van der Waals surface area (Å²) in [5.41, 5.74) is -5.41. The number of hydrogen-bond acceptors (Lipinski definition) is 6. The van der Waals surface area contributed by atoms with Crippen molar-refractivity contribution in [1.29, 1.82) is 0 Å². The molecule has 0 aliphatic carbocycles. The maximum absolute atomic E-state index is 13.8. The first kappa shape index (κ1) is 34.6. The standard InChI is InChI=1S/C28H29F9N2O5/c1-14(2)22-12-23(20-11-17(26(29,30)31)6-7-21(20)39(22)44-25(41)43-15(3)4)38(24(40)42-5)13-16-8-18(27(32,33)34)10-19(9-16)28(35,36)37/h6-11,14-15,22-23H,12-13H2,1-5H3/t22-,23-/m0/s1. The van der Waals surface area contributed by atoms with Crippen molar-refractivity contribution >= 4 is 17.9 Å². The van der Waals surface area contributed by atoms with Gasteiger partial charge in [0, 0.05) is 12.1 Å². The first-order valence-electron chi connectivity index (χ1n) is 13.1. The Bertz CT molecular complexity index is 1320. The van der Waals surface area contributed by atoms with Crippen LogP contribution in [0.5, 0.6) is 0 Å². The van der Waals surface area contributed by atoms with Gasteiger partial charge in [-0.1, -0.05) is 13.8 Å². The van der Waals surface area contributed by atoms with Crippen LogP contribution in [0.25, 0.3) is 0 Å². The molecule has 1 aliphatic rings. The second kappa shape index (κ2) is 12.6. The van der Waals surface area contributed by atoms with E-state index in [0.717, 1.165) is 23.1 Å². The van der Waals surface area contributed by atoms with Gasteiger partial charge >= 0.3 is 30.8 Å². The smallest absolute Gasteiger partial charge is 0.453 e. The molecule has 0 unspecified atom stereocenters. The summed E-state index contributed by atoms with van der Waals surface area (Å²) in [6, 6.07) is 0.885. The lowest BCUT2D eigenvalue weighted by atomic mass is 9.85. The maximum atomic E-state index is 13.8. The van der Waals surface area contributed by atoms with Gasteiger partial charge in [-0.2, -0.15) is 44.6 Å². The third kappa shape index (κ3) is 8.00. The van der Waals surface area contributed by atoms with Crippen molar-refractivity contribution in [1.82, 2.24) is 4.90 Å². The van der Waals surface area contributed by atoms with Crippen LogP contribution in [0.3, 0.4) is 0 Å². The molecule has 1 heterocycles. The first-order valence-corrected chi connectivity index (χ1v) is 13.1. The van der Waals surface area contributed by atoms with Crippen LogP contribution in [0.4, 0.5) is 54.8 Å². The minimum atomic E-state index is -5.18. The van der Waals surface area contributed by atoms with Gasteiger partial charge in [0.25, 0.3) is 0 Å². The van der Waals surface area contributed by atoms with Gasteiger partial charge in [0.1, 0.15) is 0 Å². The summed E-state index contributed by atoms with van der Waals surface area (Å²) in [4.78, 5) is 31.6. The van der Waals surface area contributed by atoms with Gasteiger partial charge in [-0.3, -0.25) is 4.90 Å². The Kier molecular flexibility index (Phi) is 9.95. The van der Waals surface area contributed by atoms with Crippen molar-refractivity contribution in [3.05, 3.63) is 64.2 Å². The molecule has 16 heteroatoms. The first-order chi connectivity index (χ1) is 20.1. The zero-order chi connectivity index (χ0) is 33.4. The number of methoxy groups -OCH3 is 1. The molecule has 0 bridgehead atoms. The van der Waals surface area contributed by atoms with Gasteiger partial charge in [0.05, 0.1) is 47.7 Å². The molecule has 0 radical (unpaired) electrons. The summed E-state index contributed by atoms with van der Waals surface area (Å²) in [6.45, 7) is 5.51. The van der Waals surface area contributed by atoms with Crippen LogP contribution in [0.2, 0.25) is 0 Å². The van der Waals surface area contributed by atoms with Gasteiger partial charge in [0.2, 0.25) is 0 Å². The Labute approximate surface area is 246 Å². The van der Waals surface area contributed by atoms with Gasteiger partial charge in [-0.25, -0.2) is 9.59 Å². The molecule has 244 valence electrons. The maximum Gasteiger partial charge on any atom is 0.533 e. The van der Waals surface area contributed by atoms with E-state index in [4.69, 9.17) is 14.3 Å². The lowest BCUT2D eigenvalue weighted by Crippen LogP contribution is -2.49. The predicted molar refractivity (Wildman–Crippen MR) is 137 cm³/mol. The molecule has 1 aliphatic heterocycles. The minimum absolute atomic E-state index is 0.0856. The van der Waals surface area contributed by atoms with Crippen LogP contribution in [0.1, 0.15) is 68.0 Å². The van der Waals surface area contributed by atoms with Crippen molar-refractivity contribution in [3.63, 3.8) is 0 Å². The normalized spacial score (nSPS) is 17.4. The summed E-state index contributed by atoms with van der Waals surface area (Å²) < 4.78 is 132. The molecule has 0 spiro atoms. The van der Waals surface area contributed by atoms with E-state index in [2.05, 4.69) is 0 Å². The molecule has 2 aromatic rings. The number of rotatable bonds is 6. The van der Waals surface area contributed by atoms with Crippen molar-refractivity contribution in [2.75, 3.05) is 12.2 Å². The number of benzene rings is 2. The van der Waals surface area contributed by atoms with E-state index in [1.807, 2.05) is 0 Å². The Morgan fingerprint density at radius 1 is 0.864 bits per heavy atom. The lowest BCUT2D eigenvalue weighted by molar-refractivity contribution is -0.143. The molecule has 0 saturated heterocycles. The number of anilines is 1. The van der Waals surface area contributed by atoms with E-state index in [-0.39, 0.29) is 23.7 Å². The van der Waals surface area contributed by atoms with Crippen molar-refractivity contribution in [2.45, 2.75) is 77.4 Å². The Morgan fingerprint density at radius 3 is 1.86 bits per heavy atom. The van der Waals surface area contributed by atoms with Crippen molar-refractivity contribution in [2.24, 2.45) is 5.92 Å². The summed E-state index contributed by atoms with van der Waals surface area (Å²) >= 11 is 0. The van der Waals surface area contributed by atoms with E-state index in [1.165, 1.54) is 13.8 Å². The van der Waals surface area contributed by atoms with E-state index in [0.29, 0.717) is 24.3 Å². The van der Waals surface area contributed by atoms with Crippen LogP contribution < -0.4 is 5.06 Å². The number of carbonyl (C=O) groups is 2. The van der Waals surface area contributed by atoms with Crippen LogP contribution in [0, 0.1) is 5.92 Å². The van der Waals surface area contributed by atoms with E-state index in [1.54, 1.807) is 13.8 Å².